The van der Waals surface area contributed by atoms with Crippen molar-refractivity contribution in [3.63, 3.8) is 0 Å². The van der Waals surface area contributed by atoms with E-state index in [0.717, 1.165) is 60.1 Å². The zero-order valence-corrected chi connectivity index (χ0v) is 30.9. The van der Waals surface area contributed by atoms with Crippen molar-refractivity contribution in [1.29, 1.82) is 0 Å². The van der Waals surface area contributed by atoms with Crippen LogP contribution in [0.1, 0.15) is 109 Å². The van der Waals surface area contributed by atoms with Crippen molar-refractivity contribution in [2.45, 2.75) is 117 Å². The fourth-order valence-electron chi connectivity index (χ4n) is 6.93. The Bertz CT molecular complexity index is 1440. The van der Waals surface area contributed by atoms with Gasteiger partial charge in [0.1, 0.15) is 5.60 Å². The lowest BCUT2D eigenvalue weighted by Gasteiger charge is -2.38. The summed E-state index contributed by atoms with van der Waals surface area (Å²) in [5.41, 5.74) is 6.16. The zero-order valence-electron chi connectivity index (χ0n) is 30.0. The monoisotopic (exact) mass is 660 g/mol. The second kappa shape index (κ2) is 15.9. The predicted octanol–water partition coefficient (Wildman–Crippen LogP) is 9.53. The third-order valence-electron chi connectivity index (χ3n) is 9.04. The van der Waals surface area contributed by atoms with Crippen molar-refractivity contribution in [2.75, 3.05) is 13.3 Å². The van der Waals surface area contributed by atoms with Crippen LogP contribution in [0.4, 0.5) is 4.79 Å². The smallest absolute Gasteiger partial charge is 0.407 e. The maximum atomic E-state index is 12.3. The molecule has 7 nitrogen and oxygen atoms in total. The Kier molecular flexibility index (Phi) is 12.4. The van der Waals surface area contributed by atoms with Crippen molar-refractivity contribution in [1.82, 2.24) is 10.0 Å². The fourth-order valence-corrected chi connectivity index (χ4v) is 7.56. The Morgan fingerprint density at radius 3 is 2.38 bits per heavy atom. The van der Waals surface area contributed by atoms with E-state index in [9.17, 15) is 4.79 Å². The van der Waals surface area contributed by atoms with Crippen molar-refractivity contribution < 1.29 is 14.3 Å². The van der Waals surface area contributed by atoms with Crippen molar-refractivity contribution in [2.24, 2.45) is 27.2 Å². The second-order valence-corrected chi connectivity index (χ2v) is 16.5. The Morgan fingerprint density at radius 1 is 1.06 bits per heavy atom. The van der Waals surface area contributed by atoms with Crippen molar-refractivity contribution in [3.8, 4) is 0 Å². The molecule has 1 fully saturated rings. The average Bonchev–Trinajstić information content (AvgIpc) is 2.94. The molecule has 0 spiro atoms. The second-order valence-electron chi connectivity index (χ2n) is 15.5. The van der Waals surface area contributed by atoms with Gasteiger partial charge in [0.2, 0.25) is 5.88 Å². The number of allylic oxidation sites excluding steroid dienone is 1. The summed E-state index contributed by atoms with van der Waals surface area (Å²) in [6.45, 7) is 23.8. The van der Waals surface area contributed by atoms with Crippen LogP contribution < -0.4 is 10.0 Å². The van der Waals surface area contributed by atoms with Gasteiger partial charge in [0, 0.05) is 28.0 Å². The van der Waals surface area contributed by atoms with E-state index in [0.29, 0.717) is 31.0 Å². The molecule has 2 atom stereocenters. The van der Waals surface area contributed by atoms with Crippen molar-refractivity contribution >= 4 is 30.5 Å². The Morgan fingerprint density at radius 2 is 1.74 bits per heavy atom. The van der Waals surface area contributed by atoms with Crippen LogP contribution in [0.25, 0.3) is 0 Å². The van der Waals surface area contributed by atoms with E-state index in [1.54, 1.807) is 11.9 Å². The van der Waals surface area contributed by atoms with Gasteiger partial charge < -0.3 is 14.8 Å². The number of carbonyl (C=O) groups excluding carboxylic acids is 1. The molecule has 8 heteroatoms. The molecular formula is C39H56N4O3S. The van der Waals surface area contributed by atoms with Crippen LogP contribution in [0, 0.1) is 31.1 Å². The highest BCUT2D eigenvalue weighted by Gasteiger charge is 2.34. The molecule has 0 radical (unpaired) electrons. The molecule has 2 aliphatic rings. The number of fused-ring (bicyclic) bond motifs is 2. The highest BCUT2D eigenvalue weighted by Crippen LogP contribution is 2.42. The lowest BCUT2D eigenvalue weighted by molar-refractivity contribution is 0.0445. The molecule has 1 aliphatic heterocycles. The molecule has 0 saturated heterocycles. The summed E-state index contributed by atoms with van der Waals surface area (Å²) in [4.78, 5) is 23.0. The first-order valence-electron chi connectivity index (χ1n) is 17.0. The molecule has 2 aromatic rings. The Balaban J connectivity index is 1.62. The maximum absolute atomic E-state index is 12.3. The number of hydrogen-bond donors (Lipinski definition) is 2. The van der Waals surface area contributed by atoms with Crippen molar-refractivity contribution in [3.05, 3.63) is 76.2 Å². The molecule has 4 rings (SSSR count). The molecule has 1 amide bonds. The van der Waals surface area contributed by atoms with E-state index in [2.05, 4.69) is 98.8 Å². The highest BCUT2D eigenvalue weighted by molar-refractivity contribution is 7.97. The largest absolute Gasteiger partial charge is 0.477 e. The molecule has 47 heavy (non-hydrogen) atoms. The summed E-state index contributed by atoms with van der Waals surface area (Å²) in [6, 6.07) is 15.5. The normalized spacial score (nSPS) is 25.3. The van der Waals surface area contributed by atoms with Gasteiger partial charge >= 0.3 is 6.09 Å². The number of aliphatic imine (C=N–C) groups is 2. The van der Waals surface area contributed by atoms with Crippen LogP contribution in [0.3, 0.4) is 0 Å². The molecule has 1 heterocycles. The zero-order chi connectivity index (χ0) is 34.4. The van der Waals surface area contributed by atoms with Gasteiger partial charge in [-0.25, -0.2) is 14.5 Å². The summed E-state index contributed by atoms with van der Waals surface area (Å²) in [5, 5.41) is 3.06. The average molecular weight is 661 g/mol. The van der Waals surface area contributed by atoms with Gasteiger partial charge in [-0.1, -0.05) is 51.1 Å². The number of carbonyl (C=O) groups is 1. The van der Waals surface area contributed by atoms with Gasteiger partial charge in [0.15, 0.2) is 0 Å². The minimum Gasteiger partial charge on any atom is -0.477 e. The molecule has 0 aromatic heterocycles. The first-order chi connectivity index (χ1) is 22.1. The van der Waals surface area contributed by atoms with Gasteiger partial charge in [-0.05, 0) is 138 Å². The van der Waals surface area contributed by atoms with E-state index in [1.165, 1.54) is 10.5 Å². The molecule has 2 bridgehead atoms. The maximum Gasteiger partial charge on any atom is 0.407 e. The van der Waals surface area contributed by atoms with Gasteiger partial charge in [-0.15, -0.1) is 0 Å². The Hall–Kier alpha value is -3.10. The predicted molar refractivity (Wildman–Crippen MR) is 196 cm³/mol. The number of benzene rings is 2. The third-order valence-corrected chi connectivity index (χ3v) is 9.80. The first-order valence-corrected chi connectivity index (χ1v) is 17.9. The SMILES string of the molecule is C=N/C1=C(C)\C(c2c(C)cccc2C)=N/CNSc2cccc(c2)C(CCC2CC(NC(=O)OC(C)(C)C)C2)C(CC(C)(C)C)CO1. The lowest BCUT2D eigenvalue weighted by Crippen LogP contribution is -2.46. The topological polar surface area (TPSA) is 84.3 Å². The minimum absolute atomic E-state index is 0.107. The first kappa shape index (κ1) is 36.7. The van der Waals surface area contributed by atoms with Crippen LogP contribution in [0.15, 0.2) is 68.8 Å². The van der Waals surface area contributed by atoms with Crippen LogP contribution >= 0.6 is 11.9 Å². The van der Waals surface area contributed by atoms with Crippen LogP contribution in [0.5, 0.6) is 0 Å². The van der Waals surface area contributed by atoms with Gasteiger partial charge in [0.25, 0.3) is 0 Å². The standard InChI is InChI=1S/C39H56N4O3S/c1-25-13-11-14-26(2)34(25)35-27(3)36(40-10)45-23-30(22-38(4,5)6)33(29-15-12-16-32(21-29)47-42-24-41-35)18-17-28-19-31(20-28)43-37(44)46-39(7,8)9/h11-16,21,28,30-31,33,42H,10,17-20,22-24H2,1-9H3,(H,43,44)/b36-27+,41-35+. The van der Waals surface area contributed by atoms with E-state index >= 15 is 0 Å². The molecule has 1 saturated carbocycles. The summed E-state index contributed by atoms with van der Waals surface area (Å²) < 4.78 is 15.6. The molecule has 256 valence electrons. The molecule has 2 unspecified atom stereocenters. The highest BCUT2D eigenvalue weighted by atomic mass is 32.2. The van der Waals surface area contributed by atoms with Gasteiger partial charge in [-0.3, -0.25) is 4.99 Å². The number of amides is 1. The number of ether oxygens (including phenoxy) is 2. The molecular weight excluding hydrogens is 605 g/mol. The Labute approximate surface area is 287 Å². The number of nitrogens with zero attached hydrogens (tertiary/aromatic N) is 2. The van der Waals surface area contributed by atoms with E-state index in [-0.39, 0.29) is 23.5 Å². The number of nitrogens with one attached hydrogen (secondary N) is 2. The summed E-state index contributed by atoms with van der Waals surface area (Å²) in [6.07, 6.45) is 4.79. The number of hydrogen-bond acceptors (Lipinski definition) is 7. The van der Waals surface area contributed by atoms with E-state index < -0.39 is 5.60 Å². The molecule has 1 aliphatic carbocycles. The lowest BCUT2D eigenvalue weighted by atomic mass is 9.71. The van der Waals surface area contributed by atoms with E-state index in [1.807, 2.05) is 27.7 Å². The number of alkyl carbamates (subject to hydrolysis) is 1. The molecule has 2 aromatic carbocycles. The third kappa shape index (κ3) is 10.7. The molecule has 2 N–H and O–H groups in total. The minimum atomic E-state index is -0.492. The summed E-state index contributed by atoms with van der Waals surface area (Å²) >= 11 is 1.62. The van der Waals surface area contributed by atoms with Crippen LogP contribution in [0.2, 0.25) is 0 Å². The van der Waals surface area contributed by atoms with Gasteiger partial charge in [-0.2, -0.15) is 0 Å². The summed E-state index contributed by atoms with van der Waals surface area (Å²) in [7, 11) is 0. The quantitative estimate of drug-likeness (QED) is 0.228. The van der Waals surface area contributed by atoms with E-state index in [4.69, 9.17) is 14.5 Å². The number of rotatable bonds is 7. The number of aryl methyl sites for hydroxylation is 2. The fraction of sp³-hybridized carbons (Fsp3) is 0.564. The van der Waals surface area contributed by atoms with Gasteiger partial charge in [0.05, 0.1) is 19.0 Å². The van der Waals surface area contributed by atoms with Crippen LogP contribution in [-0.2, 0) is 9.47 Å². The summed E-state index contributed by atoms with van der Waals surface area (Å²) in [5.74, 6) is 1.67. The van der Waals surface area contributed by atoms with Crippen LogP contribution in [-0.4, -0.2) is 43.4 Å².